The Morgan fingerprint density at radius 2 is 1.72 bits per heavy atom. The normalized spacial score (nSPS) is 12.4. The van der Waals surface area contributed by atoms with E-state index < -0.39 is 36.7 Å². The molecule has 1 atom stereocenters. The molecule has 29 heavy (non-hydrogen) atoms. The van der Waals surface area contributed by atoms with Crippen LogP contribution in [0.25, 0.3) is 6.08 Å². The second-order valence-electron chi connectivity index (χ2n) is 5.73. The number of benzene rings is 2. The highest BCUT2D eigenvalue weighted by molar-refractivity contribution is 6.02. The molecular formula is C20H16F4N2O3. The highest BCUT2D eigenvalue weighted by atomic mass is 19.3. The lowest BCUT2D eigenvalue weighted by Gasteiger charge is -2.14. The fraction of sp³-hybridized carbons (Fsp3) is 0.200. The lowest BCUT2D eigenvalue weighted by atomic mass is 10.1. The molecule has 2 rings (SSSR count). The molecule has 0 saturated carbocycles. The van der Waals surface area contributed by atoms with Crippen LogP contribution in [0.2, 0.25) is 0 Å². The Morgan fingerprint density at radius 1 is 1.07 bits per heavy atom. The third kappa shape index (κ3) is 6.53. The first-order chi connectivity index (χ1) is 13.8. The summed E-state index contributed by atoms with van der Waals surface area (Å²) >= 11 is 0. The standard InChI is InChI=1S/C20H16F4N2O3/c1-12(13-5-3-2-4-6-13)26-18(27)15(11-25)9-14-7-8-16(28-19(21)22)10-17(14)29-20(23)24/h2-10,12,19-20H,1H3,(H,26,27)/b15-9+/t12-/m1/s1. The van der Waals surface area contributed by atoms with Crippen LogP contribution in [0.15, 0.2) is 54.1 Å². The Balaban J connectivity index is 2.28. The van der Waals surface area contributed by atoms with Gasteiger partial charge in [-0.1, -0.05) is 30.3 Å². The molecule has 2 aromatic rings. The van der Waals surface area contributed by atoms with Gasteiger partial charge in [0.15, 0.2) is 0 Å². The van der Waals surface area contributed by atoms with E-state index in [1.165, 1.54) is 0 Å². The molecule has 0 fully saturated rings. The number of hydrogen-bond acceptors (Lipinski definition) is 4. The summed E-state index contributed by atoms with van der Waals surface area (Å²) in [7, 11) is 0. The van der Waals surface area contributed by atoms with Crippen molar-refractivity contribution in [1.82, 2.24) is 5.32 Å². The molecular weight excluding hydrogens is 392 g/mol. The van der Waals surface area contributed by atoms with Crippen molar-refractivity contribution >= 4 is 12.0 Å². The molecule has 0 spiro atoms. The van der Waals surface area contributed by atoms with E-state index in [0.717, 1.165) is 29.8 Å². The molecule has 1 amide bonds. The predicted octanol–water partition coefficient (Wildman–Crippen LogP) is 4.67. The van der Waals surface area contributed by atoms with Crippen molar-refractivity contribution in [3.63, 3.8) is 0 Å². The van der Waals surface area contributed by atoms with Crippen molar-refractivity contribution < 1.29 is 31.8 Å². The van der Waals surface area contributed by atoms with Crippen molar-refractivity contribution in [3.8, 4) is 17.6 Å². The molecule has 0 saturated heterocycles. The lowest BCUT2D eigenvalue weighted by molar-refractivity contribution is -0.117. The van der Waals surface area contributed by atoms with Crippen molar-refractivity contribution in [2.75, 3.05) is 0 Å². The number of carbonyl (C=O) groups is 1. The Bertz CT molecular complexity index is 912. The molecule has 0 unspecified atom stereocenters. The maximum Gasteiger partial charge on any atom is 0.387 e. The van der Waals surface area contributed by atoms with Crippen molar-refractivity contribution in [2.45, 2.75) is 26.2 Å². The van der Waals surface area contributed by atoms with Gasteiger partial charge in [-0.25, -0.2) is 0 Å². The van der Waals surface area contributed by atoms with Crippen LogP contribution in [0.5, 0.6) is 11.5 Å². The summed E-state index contributed by atoms with van der Waals surface area (Å²) in [6, 6.07) is 13.3. The van der Waals surface area contributed by atoms with Gasteiger partial charge in [-0.3, -0.25) is 4.79 Å². The van der Waals surface area contributed by atoms with E-state index in [4.69, 9.17) is 0 Å². The van der Waals surface area contributed by atoms with Gasteiger partial charge in [-0.2, -0.15) is 22.8 Å². The van der Waals surface area contributed by atoms with Crippen molar-refractivity contribution in [3.05, 3.63) is 65.2 Å². The molecule has 2 aromatic carbocycles. The fourth-order valence-corrected chi connectivity index (χ4v) is 2.41. The zero-order valence-corrected chi connectivity index (χ0v) is 15.1. The molecule has 9 heteroatoms. The summed E-state index contributed by atoms with van der Waals surface area (Å²) in [5, 5.41) is 11.9. The first-order valence-corrected chi connectivity index (χ1v) is 8.31. The van der Waals surface area contributed by atoms with Gasteiger partial charge < -0.3 is 14.8 Å². The SMILES string of the molecule is C[C@@H](NC(=O)/C(C#N)=C/c1ccc(OC(F)F)cc1OC(F)F)c1ccccc1. The quantitative estimate of drug-likeness (QED) is 0.391. The van der Waals surface area contributed by atoms with Gasteiger partial charge >= 0.3 is 13.2 Å². The number of halogens is 4. The minimum absolute atomic E-state index is 0.0778. The summed E-state index contributed by atoms with van der Waals surface area (Å²) in [6.07, 6.45) is 1.02. The average molecular weight is 408 g/mol. The molecule has 0 aliphatic carbocycles. The van der Waals surface area contributed by atoms with Gasteiger partial charge in [0.05, 0.1) is 6.04 Å². The maximum absolute atomic E-state index is 12.7. The largest absolute Gasteiger partial charge is 0.435 e. The average Bonchev–Trinajstić information content (AvgIpc) is 2.67. The lowest BCUT2D eigenvalue weighted by Crippen LogP contribution is -2.27. The van der Waals surface area contributed by atoms with Crippen molar-refractivity contribution in [1.29, 1.82) is 5.26 Å². The first-order valence-electron chi connectivity index (χ1n) is 8.31. The number of nitriles is 1. The summed E-state index contributed by atoms with van der Waals surface area (Å²) in [6.45, 7) is -4.69. The summed E-state index contributed by atoms with van der Waals surface area (Å²) in [4.78, 5) is 12.4. The van der Waals surface area contributed by atoms with Gasteiger partial charge in [0.2, 0.25) is 0 Å². The Labute approximate surface area is 164 Å². The Hall–Kier alpha value is -3.54. The second-order valence-corrected chi connectivity index (χ2v) is 5.73. The highest BCUT2D eigenvalue weighted by Crippen LogP contribution is 2.29. The van der Waals surface area contributed by atoms with Gasteiger partial charge in [0, 0.05) is 11.6 Å². The summed E-state index contributed by atoms with van der Waals surface area (Å²) < 4.78 is 58.4. The topological polar surface area (TPSA) is 71.4 Å². The van der Waals surface area contributed by atoms with Crippen LogP contribution < -0.4 is 14.8 Å². The van der Waals surface area contributed by atoms with Gasteiger partial charge in [0.1, 0.15) is 23.1 Å². The number of hydrogen-bond donors (Lipinski definition) is 1. The number of alkyl halides is 4. The monoisotopic (exact) mass is 408 g/mol. The molecule has 5 nitrogen and oxygen atoms in total. The molecule has 0 radical (unpaired) electrons. The van der Waals surface area contributed by atoms with Gasteiger partial charge in [-0.15, -0.1) is 0 Å². The maximum atomic E-state index is 12.7. The van der Waals surface area contributed by atoms with Crippen LogP contribution >= 0.6 is 0 Å². The van der Waals surface area contributed by atoms with Crippen LogP contribution in [-0.2, 0) is 4.79 Å². The molecule has 0 aliphatic heterocycles. The third-order valence-electron chi connectivity index (χ3n) is 3.74. The fourth-order valence-electron chi connectivity index (χ4n) is 2.41. The van der Waals surface area contributed by atoms with Gasteiger partial charge in [-0.05, 0) is 30.7 Å². The van der Waals surface area contributed by atoms with Crippen LogP contribution in [0.3, 0.4) is 0 Å². The number of ether oxygens (including phenoxy) is 2. The first kappa shape index (κ1) is 21.8. The number of nitrogens with zero attached hydrogens (tertiary/aromatic N) is 1. The second kappa shape index (κ2) is 10.1. The molecule has 0 aliphatic rings. The van der Waals surface area contributed by atoms with Crippen LogP contribution in [0, 0.1) is 11.3 Å². The zero-order chi connectivity index (χ0) is 21.4. The molecule has 0 bridgehead atoms. The third-order valence-corrected chi connectivity index (χ3v) is 3.74. The molecule has 152 valence electrons. The van der Waals surface area contributed by atoms with Crippen LogP contribution in [0.1, 0.15) is 24.1 Å². The van der Waals surface area contributed by atoms with E-state index >= 15 is 0 Å². The van der Waals surface area contributed by atoms with E-state index in [-0.39, 0.29) is 11.1 Å². The van der Waals surface area contributed by atoms with Crippen molar-refractivity contribution in [2.24, 2.45) is 0 Å². The Morgan fingerprint density at radius 3 is 2.31 bits per heavy atom. The Kier molecular flexibility index (Phi) is 7.60. The van der Waals surface area contributed by atoms with E-state index in [0.29, 0.717) is 0 Å². The molecule has 1 N–H and O–H groups in total. The summed E-state index contributed by atoms with van der Waals surface area (Å²) in [5.41, 5.74) is 0.341. The number of rotatable bonds is 8. The molecule has 0 aromatic heterocycles. The minimum atomic E-state index is -3.25. The molecule has 0 heterocycles. The van der Waals surface area contributed by atoms with Gasteiger partial charge in [0.25, 0.3) is 5.91 Å². The number of carbonyl (C=O) groups excluding carboxylic acids is 1. The van der Waals surface area contributed by atoms with E-state index in [2.05, 4.69) is 14.8 Å². The summed E-state index contributed by atoms with van der Waals surface area (Å²) in [5.74, 6) is -1.66. The smallest absolute Gasteiger partial charge is 0.387 e. The van der Waals surface area contributed by atoms with E-state index in [1.807, 2.05) is 6.07 Å². The number of nitrogens with one attached hydrogen (secondary N) is 1. The predicted molar refractivity (Wildman–Crippen MR) is 96.3 cm³/mol. The van der Waals surface area contributed by atoms with E-state index in [9.17, 15) is 27.6 Å². The number of amides is 1. The van der Waals surface area contributed by atoms with Crippen LogP contribution in [-0.4, -0.2) is 19.1 Å². The zero-order valence-electron chi connectivity index (χ0n) is 15.1. The van der Waals surface area contributed by atoms with Crippen LogP contribution in [0.4, 0.5) is 17.6 Å². The highest BCUT2D eigenvalue weighted by Gasteiger charge is 2.17. The van der Waals surface area contributed by atoms with E-state index in [1.54, 1.807) is 37.3 Å². The minimum Gasteiger partial charge on any atom is -0.435 e.